The molecule has 1 atom stereocenters. The third-order valence-corrected chi connectivity index (χ3v) is 3.67. The Labute approximate surface area is 133 Å². The maximum absolute atomic E-state index is 11.9. The Bertz CT molecular complexity index is 661. The normalized spacial score (nSPS) is 11.8. The third kappa shape index (κ3) is 4.28. The lowest BCUT2D eigenvalue weighted by Gasteiger charge is -2.15. The van der Waals surface area contributed by atoms with Crippen LogP contribution in [0.1, 0.15) is 18.5 Å². The van der Waals surface area contributed by atoms with E-state index in [2.05, 4.69) is 10.6 Å². The van der Waals surface area contributed by atoms with Crippen LogP contribution >= 0.6 is 23.2 Å². The van der Waals surface area contributed by atoms with Gasteiger partial charge in [0.15, 0.2) is 0 Å². The molecule has 1 unspecified atom stereocenters. The zero-order valence-corrected chi connectivity index (χ0v) is 12.9. The zero-order valence-electron chi connectivity index (χ0n) is 11.4. The van der Waals surface area contributed by atoms with Crippen LogP contribution in [-0.2, 0) is 0 Å². The second kappa shape index (κ2) is 6.70. The first kappa shape index (κ1) is 15.5. The molecule has 21 heavy (non-hydrogen) atoms. The predicted molar refractivity (Wildman–Crippen MR) is 87.9 cm³/mol. The number of hydrogen-bond acceptors (Lipinski definition) is 2. The first-order valence-corrected chi connectivity index (χ1v) is 7.09. The lowest BCUT2D eigenvalue weighted by molar-refractivity contribution is 0.249. The van der Waals surface area contributed by atoms with Gasteiger partial charge in [-0.2, -0.15) is 0 Å². The summed E-state index contributed by atoms with van der Waals surface area (Å²) in [5.41, 5.74) is 7.89. The number of carbonyl (C=O) groups excluding carboxylic acids is 1. The average molecular weight is 324 g/mol. The first-order valence-electron chi connectivity index (χ1n) is 6.33. The van der Waals surface area contributed by atoms with Crippen molar-refractivity contribution < 1.29 is 4.79 Å². The molecule has 0 bridgehead atoms. The lowest BCUT2D eigenvalue weighted by Crippen LogP contribution is -2.31. The van der Waals surface area contributed by atoms with Gasteiger partial charge in [0.25, 0.3) is 0 Å². The van der Waals surface area contributed by atoms with Crippen LogP contribution in [0.25, 0.3) is 0 Å². The number of nitrogens with two attached hydrogens (primary N) is 1. The summed E-state index contributed by atoms with van der Waals surface area (Å²) >= 11 is 11.7. The summed E-state index contributed by atoms with van der Waals surface area (Å²) in [6, 6.07) is 11.8. The number of amides is 2. The Balaban J connectivity index is 1.99. The smallest absolute Gasteiger partial charge is 0.319 e. The maximum atomic E-state index is 11.9. The van der Waals surface area contributed by atoms with Gasteiger partial charge in [0.05, 0.1) is 16.1 Å². The van der Waals surface area contributed by atoms with Crippen LogP contribution in [0.15, 0.2) is 42.5 Å². The van der Waals surface area contributed by atoms with E-state index in [-0.39, 0.29) is 12.1 Å². The fraction of sp³-hybridized carbons (Fsp3) is 0.133. The highest BCUT2D eigenvalue weighted by molar-refractivity contribution is 6.42. The van der Waals surface area contributed by atoms with E-state index < -0.39 is 0 Å². The number of urea groups is 1. The van der Waals surface area contributed by atoms with Gasteiger partial charge in [-0.1, -0.05) is 35.3 Å². The van der Waals surface area contributed by atoms with Gasteiger partial charge in [-0.15, -0.1) is 0 Å². The highest BCUT2D eigenvalue weighted by Crippen LogP contribution is 2.25. The quantitative estimate of drug-likeness (QED) is 0.730. The van der Waals surface area contributed by atoms with Gasteiger partial charge in [0, 0.05) is 11.4 Å². The predicted octanol–water partition coefficient (Wildman–Crippen LogP) is 4.46. The molecule has 6 heteroatoms. The van der Waals surface area contributed by atoms with Gasteiger partial charge in [-0.05, 0) is 42.8 Å². The topological polar surface area (TPSA) is 67.2 Å². The van der Waals surface area contributed by atoms with Gasteiger partial charge in [0.1, 0.15) is 0 Å². The molecule has 0 radical (unpaired) electrons. The molecule has 0 aromatic heterocycles. The average Bonchev–Trinajstić information content (AvgIpc) is 2.43. The van der Waals surface area contributed by atoms with Crippen LogP contribution in [-0.4, -0.2) is 6.03 Å². The number of carbonyl (C=O) groups is 1. The molecule has 0 saturated heterocycles. The summed E-state index contributed by atoms with van der Waals surface area (Å²) < 4.78 is 0. The minimum atomic E-state index is -0.330. The minimum Gasteiger partial charge on any atom is -0.399 e. The lowest BCUT2D eigenvalue weighted by atomic mass is 10.1. The van der Waals surface area contributed by atoms with Crippen molar-refractivity contribution in [2.75, 3.05) is 11.1 Å². The SMILES string of the molecule is CC(NC(=O)Nc1ccc(Cl)c(Cl)c1)c1cccc(N)c1. The van der Waals surface area contributed by atoms with E-state index in [0.29, 0.717) is 21.4 Å². The Morgan fingerprint density at radius 2 is 1.90 bits per heavy atom. The Morgan fingerprint density at radius 1 is 1.14 bits per heavy atom. The molecule has 4 nitrogen and oxygen atoms in total. The van der Waals surface area contributed by atoms with Crippen LogP contribution in [0.5, 0.6) is 0 Å². The summed E-state index contributed by atoms with van der Waals surface area (Å²) in [5, 5.41) is 6.35. The van der Waals surface area contributed by atoms with Crippen molar-refractivity contribution in [2.24, 2.45) is 0 Å². The van der Waals surface area contributed by atoms with Gasteiger partial charge in [-0.25, -0.2) is 4.79 Å². The summed E-state index contributed by atoms with van der Waals surface area (Å²) in [7, 11) is 0. The fourth-order valence-electron chi connectivity index (χ4n) is 1.85. The number of anilines is 2. The van der Waals surface area contributed by atoms with Crippen molar-refractivity contribution in [1.29, 1.82) is 0 Å². The zero-order chi connectivity index (χ0) is 15.4. The highest BCUT2D eigenvalue weighted by atomic mass is 35.5. The van der Waals surface area contributed by atoms with Crippen LogP contribution in [0, 0.1) is 0 Å². The summed E-state index contributed by atoms with van der Waals surface area (Å²) in [6.45, 7) is 1.88. The van der Waals surface area contributed by atoms with E-state index in [1.54, 1.807) is 24.3 Å². The standard InChI is InChI=1S/C15H15Cl2N3O/c1-9(10-3-2-4-11(18)7-10)19-15(21)20-12-5-6-13(16)14(17)8-12/h2-9H,18H2,1H3,(H2,19,20,21). The first-order chi connectivity index (χ1) is 9.95. The molecular formula is C15H15Cl2N3O. The third-order valence-electron chi connectivity index (χ3n) is 2.94. The second-order valence-electron chi connectivity index (χ2n) is 4.62. The Kier molecular flexibility index (Phi) is 4.94. The van der Waals surface area contributed by atoms with E-state index in [0.717, 1.165) is 5.56 Å². The van der Waals surface area contributed by atoms with Crippen molar-refractivity contribution in [1.82, 2.24) is 5.32 Å². The Hall–Kier alpha value is -1.91. The molecule has 2 aromatic carbocycles. The van der Waals surface area contributed by atoms with E-state index in [4.69, 9.17) is 28.9 Å². The molecule has 0 heterocycles. The maximum Gasteiger partial charge on any atom is 0.319 e. The molecule has 0 aliphatic heterocycles. The van der Waals surface area contributed by atoms with Crippen LogP contribution in [0.4, 0.5) is 16.2 Å². The monoisotopic (exact) mass is 323 g/mol. The number of nitrogens with one attached hydrogen (secondary N) is 2. The molecule has 0 aliphatic rings. The van der Waals surface area contributed by atoms with Crippen molar-refractivity contribution >= 4 is 40.6 Å². The molecule has 4 N–H and O–H groups in total. The minimum absolute atomic E-state index is 0.170. The summed E-state index contributed by atoms with van der Waals surface area (Å²) in [6.07, 6.45) is 0. The molecule has 0 saturated carbocycles. The Morgan fingerprint density at radius 3 is 2.57 bits per heavy atom. The molecule has 110 valence electrons. The largest absolute Gasteiger partial charge is 0.399 e. The van der Waals surface area contributed by atoms with Crippen molar-refractivity contribution in [3.63, 3.8) is 0 Å². The molecule has 2 rings (SSSR count). The summed E-state index contributed by atoms with van der Waals surface area (Å²) in [4.78, 5) is 11.9. The number of halogens is 2. The number of nitrogen functional groups attached to an aromatic ring is 1. The number of benzene rings is 2. The molecule has 0 aliphatic carbocycles. The van der Waals surface area contributed by atoms with Crippen LogP contribution in [0.3, 0.4) is 0 Å². The number of hydrogen-bond donors (Lipinski definition) is 3. The molecule has 2 amide bonds. The van der Waals surface area contributed by atoms with Crippen LogP contribution in [0.2, 0.25) is 10.0 Å². The summed E-state index contributed by atoms with van der Waals surface area (Å²) in [5.74, 6) is 0. The molecule has 0 fully saturated rings. The van der Waals surface area contributed by atoms with Gasteiger partial charge in [-0.3, -0.25) is 0 Å². The number of rotatable bonds is 3. The van der Waals surface area contributed by atoms with E-state index >= 15 is 0 Å². The van der Waals surface area contributed by atoms with Crippen molar-refractivity contribution in [3.05, 3.63) is 58.1 Å². The van der Waals surface area contributed by atoms with E-state index in [1.807, 2.05) is 25.1 Å². The van der Waals surface area contributed by atoms with E-state index in [1.165, 1.54) is 0 Å². The second-order valence-corrected chi connectivity index (χ2v) is 5.43. The van der Waals surface area contributed by atoms with Crippen LogP contribution < -0.4 is 16.4 Å². The molecule has 0 spiro atoms. The van der Waals surface area contributed by atoms with Gasteiger partial charge < -0.3 is 16.4 Å². The van der Waals surface area contributed by atoms with Gasteiger partial charge in [0.2, 0.25) is 0 Å². The van der Waals surface area contributed by atoms with Crippen molar-refractivity contribution in [3.8, 4) is 0 Å². The molecule has 2 aromatic rings. The highest BCUT2D eigenvalue weighted by Gasteiger charge is 2.10. The van der Waals surface area contributed by atoms with Crippen molar-refractivity contribution in [2.45, 2.75) is 13.0 Å². The van der Waals surface area contributed by atoms with Gasteiger partial charge >= 0.3 is 6.03 Å². The molecular weight excluding hydrogens is 309 g/mol. The van der Waals surface area contributed by atoms with E-state index in [9.17, 15) is 4.79 Å². The fourth-order valence-corrected chi connectivity index (χ4v) is 2.15.